The van der Waals surface area contributed by atoms with Gasteiger partial charge in [-0.15, -0.1) is 0 Å². The van der Waals surface area contributed by atoms with Crippen molar-refractivity contribution in [3.05, 3.63) is 63.4 Å². The number of rotatable bonds is 2. The second-order valence-electron chi connectivity index (χ2n) is 5.14. The molecule has 3 aromatic rings. The fraction of sp³-hybridized carbons (Fsp3) is 0. The molecule has 3 rings (SSSR count). The average molecular weight is 361 g/mol. The fourth-order valence-corrected chi connectivity index (χ4v) is 3.28. The number of nitrogens with zero attached hydrogens (tertiary/aromatic N) is 1. The molecule has 0 spiro atoms. The van der Waals surface area contributed by atoms with Gasteiger partial charge >= 0.3 is 7.60 Å². The third-order valence-electron chi connectivity index (χ3n) is 3.55. The molecule has 3 N–H and O–H groups in total. The van der Waals surface area contributed by atoms with Gasteiger partial charge in [-0.2, -0.15) is 5.26 Å². The monoisotopic (exact) mass is 360 g/mol. The first-order chi connectivity index (χ1) is 11.3. The smallest absolute Gasteiger partial charge is 0.321 e. The quantitative estimate of drug-likeness (QED) is 0.607. The summed E-state index contributed by atoms with van der Waals surface area (Å²) in [5.41, 5.74) is 1.39. The number of hydrogen-bond donors (Lipinski definition) is 3. The summed E-state index contributed by atoms with van der Waals surface area (Å²) in [7, 11) is -4.68. The van der Waals surface area contributed by atoms with Gasteiger partial charge in [-0.25, -0.2) is 0 Å². The second-order valence-corrected chi connectivity index (χ2v) is 7.11. The summed E-state index contributed by atoms with van der Waals surface area (Å²) < 4.78 is 11.4. The van der Waals surface area contributed by atoms with Crippen molar-refractivity contribution >= 4 is 35.4 Å². The van der Waals surface area contributed by atoms with Crippen LogP contribution >= 0.6 is 19.2 Å². The summed E-state index contributed by atoms with van der Waals surface area (Å²) in [4.78, 5) is 32.7. The van der Waals surface area contributed by atoms with Crippen LogP contribution in [0.1, 0.15) is 5.56 Å². The summed E-state index contributed by atoms with van der Waals surface area (Å²) in [6.07, 6.45) is 0. The van der Waals surface area contributed by atoms with Crippen molar-refractivity contribution in [3.63, 3.8) is 0 Å². The average Bonchev–Trinajstić information content (AvgIpc) is 2.53. The van der Waals surface area contributed by atoms with E-state index >= 15 is 0 Å². The summed E-state index contributed by atoms with van der Waals surface area (Å²) in [6.45, 7) is 0. The van der Waals surface area contributed by atoms with Crippen LogP contribution in [-0.2, 0) is 4.57 Å². The van der Waals surface area contributed by atoms with Gasteiger partial charge in [0.1, 0.15) is 5.30 Å². The van der Waals surface area contributed by atoms with E-state index < -0.39 is 18.5 Å². The Bertz CT molecular complexity index is 1090. The molecular weight excluding hydrogens is 351 g/mol. The van der Waals surface area contributed by atoms with Gasteiger partial charge < -0.3 is 14.8 Å². The van der Waals surface area contributed by atoms with E-state index in [4.69, 9.17) is 16.9 Å². The van der Waals surface area contributed by atoms with Crippen LogP contribution < -0.4 is 10.9 Å². The highest BCUT2D eigenvalue weighted by molar-refractivity contribution is 7.60. The molecule has 0 aliphatic rings. The maximum Gasteiger partial charge on any atom is 0.361 e. The molecular formula is C16H10ClN2O4P. The van der Waals surface area contributed by atoms with Crippen LogP contribution in [0, 0.1) is 11.3 Å². The minimum atomic E-state index is -4.68. The molecule has 1 heterocycles. The first-order valence-electron chi connectivity index (χ1n) is 6.73. The number of pyridine rings is 1. The molecule has 0 saturated carbocycles. The topological polar surface area (TPSA) is 114 Å². The van der Waals surface area contributed by atoms with E-state index in [9.17, 15) is 19.1 Å². The van der Waals surface area contributed by atoms with Crippen LogP contribution in [0.15, 0.2) is 47.3 Å². The standard InChI is InChI=1S/C16H10ClN2O4P/c17-13-7-14-11(6-15(16(20)19-14)24(21,22)23)5-12(13)10-3-1-9(8-18)2-4-10/h1-7H,(H,19,20)(H2,21,22,23). The van der Waals surface area contributed by atoms with E-state index in [1.165, 1.54) is 12.1 Å². The van der Waals surface area contributed by atoms with E-state index in [1.54, 1.807) is 30.3 Å². The number of nitriles is 1. The Balaban J connectivity index is 2.24. The van der Waals surface area contributed by atoms with E-state index in [0.717, 1.165) is 5.56 Å². The van der Waals surface area contributed by atoms with E-state index in [0.29, 0.717) is 27.1 Å². The molecule has 1 aromatic heterocycles. The third kappa shape index (κ3) is 2.99. The number of aromatic amines is 1. The molecule has 0 amide bonds. The Morgan fingerprint density at radius 1 is 1.12 bits per heavy atom. The van der Waals surface area contributed by atoms with Gasteiger partial charge in [0.15, 0.2) is 0 Å². The number of fused-ring (bicyclic) bond motifs is 1. The highest BCUT2D eigenvalue weighted by Gasteiger charge is 2.22. The summed E-state index contributed by atoms with van der Waals surface area (Å²) in [5.74, 6) is 0. The number of halogens is 1. The number of aromatic nitrogens is 1. The van der Waals surface area contributed by atoms with Crippen molar-refractivity contribution in [2.24, 2.45) is 0 Å². The molecule has 0 aliphatic carbocycles. The number of nitrogens with one attached hydrogen (secondary N) is 1. The molecule has 0 aliphatic heterocycles. The predicted molar refractivity (Wildman–Crippen MR) is 91.4 cm³/mol. The first-order valence-corrected chi connectivity index (χ1v) is 8.72. The number of H-pyrrole nitrogens is 1. The largest absolute Gasteiger partial charge is 0.361 e. The zero-order chi connectivity index (χ0) is 17.5. The van der Waals surface area contributed by atoms with Crippen LogP contribution in [0.5, 0.6) is 0 Å². The molecule has 8 heteroatoms. The van der Waals surface area contributed by atoms with Crippen LogP contribution in [-0.4, -0.2) is 14.8 Å². The predicted octanol–water partition coefficient (Wildman–Crippen LogP) is 2.52. The maximum absolute atomic E-state index is 11.8. The Labute approximate surface area is 141 Å². The SMILES string of the molecule is N#Cc1ccc(-c2cc3cc(P(=O)(O)O)c(=O)[nH]c3cc2Cl)cc1. The van der Waals surface area contributed by atoms with Crippen LogP contribution in [0.25, 0.3) is 22.0 Å². The lowest BCUT2D eigenvalue weighted by Crippen LogP contribution is -2.26. The minimum Gasteiger partial charge on any atom is -0.321 e. The Morgan fingerprint density at radius 2 is 1.79 bits per heavy atom. The zero-order valence-electron chi connectivity index (χ0n) is 12.0. The molecule has 0 atom stereocenters. The second kappa shape index (κ2) is 5.90. The Kier molecular flexibility index (Phi) is 4.04. The summed E-state index contributed by atoms with van der Waals surface area (Å²) >= 11 is 6.25. The van der Waals surface area contributed by atoms with Gasteiger partial charge in [0, 0.05) is 11.1 Å². The van der Waals surface area contributed by atoms with Gasteiger partial charge in [-0.05, 0) is 41.3 Å². The van der Waals surface area contributed by atoms with Crippen molar-refractivity contribution in [2.75, 3.05) is 0 Å². The minimum absolute atomic E-state index is 0.367. The van der Waals surface area contributed by atoms with Gasteiger partial charge in [0.05, 0.1) is 16.7 Å². The van der Waals surface area contributed by atoms with E-state index in [2.05, 4.69) is 4.98 Å². The van der Waals surface area contributed by atoms with E-state index in [-0.39, 0.29) is 0 Å². The highest BCUT2D eigenvalue weighted by Crippen LogP contribution is 2.34. The van der Waals surface area contributed by atoms with Crippen molar-refractivity contribution in [2.45, 2.75) is 0 Å². The molecule has 0 bridgehead atoms. The summed E-state index contributed by atoms with van der Waals surface area (Å²) in [5, 5.41) is 9.06. The van der Waals surface area contributed by atoms with Gasteiger partial charge in [-0.3, -0.25) is 9.36 Å². The van der Waals surface area contributed by atoms with Crippen LogP contribution in [0.3, 0.4) is 0 Å². The molecule has 2 aromatic carbocycles. The first kappa shape index (κ1) is 16.4. The number of benzene rings is 2. The molecule has 120 valence electrons. The lowest BCUT2D eigenvalue weighted by molar-refractivity contribution is 0.387. The van der Waals surface area contributed by atoms with E-state index in [1.807, 2.05) is 6.07 Å². The van der Waals surface area contributed by atoms with Gasteiger partial charge in [0.2, 0.25) is 0 Å². The normalized spacial score (nSPS) is 11.4. The lowest BCUT2D eigenvalue weighted by Gasteiger charge is -2.09. The number of hydrogen-bond acceptors (Lipinski definition) is 3. The van der Waals surface area contributed by atoms with Crippen LogP contribution in [0.4, 0.5) is 0 Å². The maximum atomic E-state index is 11.8. The van der Waals surface area contributed by atoms with Crippen LogP contribution in [0.2, 0.25) is 5.02 Å². The zero-order valence-corrected chi connectivity index (χ0v) is 13.7. The summed E-state index contributed by atoms with van der Waals surface area (Å²) in [6, 6.07) is 13.1. The molecule has 0 saturated heterocycles. The molecule has 24 heavy (non-hydrogen) atoms. The van der Waals surface area contributed by atoms with Crippen molar-refractivity contribution in [1.82, 2.24) is 4.98 Å². The van der Waals surface area contributed by atoms with Crippen molar-refractivity contribution < 1.29 is 14.4 Å². The fourth-order valence-electron chi connectivity index (χ4n) is 2.38. The molecule has 0 fully saturated rings. The van der Waals surface area contributed by atoms with Gasteiger partial charge in [0.25, 0.3) is 5.56 Å². The Morgan fingerprint density at radius 3 is 2.38 bits per heavy atom. The molecule has 0 radical (unpaired) electrons. The van der Waals surface area contributed by atoms with Crippen molar-refractivity contribution in [3.8, 4) is 17.2 Å². The Hall–Kier alpha value is -2.42. The molecule has 6 nitrogen and oxygen atoms in total. The molecule has 0 unspecified atom stereocenters. The third-order valence-corrected chi connectivity index (χ3v) is 4.82. The van der Waals surface area contributed by atoms with Crippen molar-refractivity contribution in [1.29, 1.82) is 5.26 Å². The lowest BCUT2D eigenvalue weighted by atomic mass is 10.0. The van der Waals surface area contributed by atoms with Gasteiger partial charge in [-0.1, -0.05) is 23.7 Å². The highest BCUT2D eigenvalue weighted by atomic mass is 35.5.